The summed E-state index contributed by atoms with van der Waals surface area (Å²) in [5.74, 6) is 1.26. The maximum atomic E-state index is 11.4. The Kier molecular flexibility index (Phi) is 5.30. The van der Waals surface area contributed by atoms with Crippen molar-refractivity contribution in [3.8, 4) is 0 Å². The Hall–Kier alpha value is -1.21. The van der Waals surface area contributed by atoms with Crippen LogP contribution in [0, 0.1) is 0 Å². The zero-order valence-corrected chi connectivity index (χ0v) is 11.0. The molecule has 1 saturated heterocycles. The number of nitrogens with one attached hydrogen (secondary N) is 1. The predicted molar refractivity (Wildman–Crippen MR) is 63.3 cm³/mol. The zero-order valence-electron chi connectivity index (χ0n) is 9.81. The molecule has 17 heavy (non-hydrogen) atoms. The van der Waals surface area contributed by atoms with Crippen LogP contribution in [0.3, 0.4) is 0 Å². The Balaban J connectivity index is 2.80. The van der Waals surface area contributed by atoms with Gasteiger partial charge in [-0.15, -0.1) is 0 Å². The summed E-state index contributed by atoms with van der Waals surface area (Å²) in [6.45, 7) is 2.36. The summed E-state index contributed by atoms with van der Waals surface area (Å²) in [6.07, 6.45) is 1.53. The van der Waals surface area contributed by atoms with Crippen molar-refractivity contribution in [2.45, 2.75) is 31.5 Å². The largest absolute Gasteiger partial charge is 0.450 e. The molecule has 0 spiro atoms. The molecule has 1 aliphatic heterocycles. The average molecular weight is 259 g/mol. The van der Waals surface area contributed by atoms with Crippen molar-refractivity contribution in [2.24, 2.45) is 0 Å². The van der Waals surface area contributed by atoms with Crippen LogP contribution in [0.2, 0.25) is 0 Å². The smallest absolute Gasteiger partial charge is 0.409 e. The third-order valence-corrected chi connectivity index (χ3v) is 4.99. The highest BCUT2D eigenvalue weighted by Gasteiger charge is 2.44. The second-order valence-electron chi connectivity index (χ2n) is 3.84. The van der Waals surface area contributed by atoms with Crippen LogP contribution in [-0.4, -0.2) is 45.3 Å². The molecule has 1 N–H and O–H groups in total. The fourth-order valence-corrected chi connectivity index (χ4v) is 3.49. The van der Waals surface area contributed by atoms with Gasteiger partial charge in [-0.3, -0.25) is 5.32 Å². The van der Waals surface area contributed by atoms with Gasteiger partial charge in [-0.05, 0) is 26.2 Å². The van der Waals surface area contributed by atoms with Crippen molar-refractivity contribution in [1.82, 2.24) is 5.32 Å². The van der Waals surface area contributed by atoms with E-state index in [1.807, 2.05) is 0 Å². The van der Waals surface area contributed by atoms with Crippen LogP contribution in [-0.2, 0) is 19.1 Å². The van der Waals surface area contributed by atoms with Crippen molar-refractivity contribution in [1.29, 1.82) is 0 Å². The van der Waals surface area contributed by atoms with Crippen molar-refractivity contribution in [3.63, 3.8) is 0 Å². The SMILES string of the molecule is CCOC(=O)NC1([SiH](C=O)C=O)CCCCO1. The van der Waals surface area contributed by atoms with E-state index in [2.05, 4.69) is 5.32 Å². The van der Waals surface area contributed by atoms with E-state index in [0.29, 0.717) is 24.8 Å². The minimum absolute atomic E-state index is 0.232. The lowest BCUT2D eigenvalue weighted by Crippen LogP contribution is -2.64. The summed E-state index contributed by atoms with van der Waals surface area (Å²) in [4.78, 5) is 33.3. The molecular weight excluding hydrogens is 242 g/mol. The molecule has 0 bridgehead atoms. The summed E-state index contributed by atoms with van der Waals surface area (Å²) in [5, 5.41) is 1.45. The molecule has 1 heterocycles. The van der Waals surface area contributed by atoms with Gasteiger partial charge in [0.2, 0.25) is 8.80 Å². The first-order chi connectivity index (χ1) is 8.18. The summed E-state index contributed by atoms with van der Waals surface area (Å²) < 4.78 is 10.3. The second-order valence-corrected chi connectivity index (χ2v) is 6.37. The number of carbonyl (C=O) groups is 3. The Morgan fingerprint density at radius 2 is 2.18 bits per heavy atom. The molecule has 96 valence electrons. The lowest BCUT2D eigenvalue weighted by atomic mass is 10.2. The molecule has 0 aliphatic carbocycles. The molecule has 7 heteroatoms. The Morgan fingerprint density at radius 3 is 2.65 bits per heavy atom. The van der Waals surface area contributed by atoms with E-state index in [9.17, 15) is 14.4 Å². The number of rotatable bonds is 5. The van der Waals surface area contributed by atoms with Crippen molar-refractivity contribution >= 4 is 26.7 Å². The minimum Gasteiger partial charge on any atom is -0.450 e. The van der Waals surface area contributed by atoms with Gasteiger partial charge in [-0.25, -0.2) is 4.79 Å². The normalized spacial score (nSPS) is 24.1. The molecule has 1 unspecified atom stereocenters. The number of ether oxygens (including phenoxy) is 2. The van der Waals surface area contributed by atoms with Crippen LogP contribution >= 0.6 is 0 Å². The number of amides is 1. The number of hydrogen-bond donors (Lipinski definition) is 1. The highest BCUT2D eigenvalue weighted by Crippen LogP contribution is 2.24. The summed E-state index contributed by atoms with van der Waals surface area (Å²) in [5.41, 5.74) is 0. The van der Waals surface area contributed by atoms with Crippen LogP contribution in [0.15, 0.2) is 0 Å². The van der Waals surface area contributed by atoms with Gasteiger partial charge in [0.05, 0.1) is 6.61 Å². The number of alkyl carbamates (subject to hydrolysis) is 1. The van der Waals surface area contributed by atoms with Crippen LogP contribution in [0.25, 0.3) is 0 Å². The van der Waals surface area contributed by atoms with Crippen molar-refractivity contribution < 1.29 is 23.9 Å². The summed E-state index contributed by atoms with van der Waals surface area (Å²) in [6, 6.07) is 0. The summed E-state index contributed by atoms with van der Waals surface area (Å²) >= 11 is 0. The summed E-state index contributed by atoms with van der Waals surface area (Å²) in [7, 11) is -2.49. The maximum Gasteiger partial charge on any atom is 0.409 e. The quantitative estimate of drug-likeness (QED) is 0.552. The van der Waals surface area contributed by atoms with Crippen LogP contribution in [0.5, 0.6) is 0 Å². The standard InChI is InChI=1S/C10H17NO5Si/c1-2-15-9(14)11-10(17(7-12)8-13)5-3-4-6-16-10/h7-8,17H,2-6H2,1H3,(H,11,14). The van der Waals surface area contributed by atoms with E-state index in [1.54, 1.807) is 6.92 Å². The van der Waals surface area contributed by atoms with Crippen LogP contribution in [0.4, 0.5) is 4.79 Å². The first-order valence-electron chi connectivity index (χ1n) is 5.68. The van der Waals surface area contributed by atoms with E-state index in [-0.39, 0.29) is 6.61 Å². The van der Waals surface area contributed by atoms with Gasteiger partial charge >= 0.3 is 6.09 Å². The molecule has 0 radical (unpaired) electrons. The molecule has 0 aromatic rings. The lowest BCUT2D eigenvalue weighted by molar-refractivity contribution is -0.0407. The van der Waals surface area contributed by atoms with E-state index in [1.165, 1.54) is 0 Å². The van der Waals surface area contributed by atoms with Crippen LogP contribution < -0.4 is 5.32 Å². The number of hydrogen-bond acceptors (Lipinski definition) is 5. The van der Waals surface area contributed by atoms with Gasteiger partial charge in [0.25, 0.3) is 0 Å². The average Bonchev–Trinajstić information content (AvgIpc) is 2.31. The predicted octanol–water partition coefficient (Wildman–Crippen LogP) is -0.0606. The minimum atomic E-state index is -2.49. The van der Waals surface area contributed by atoms with E-state index >= 15 is 0 Å². The van der Waals surface area contributed by atoms with Gasteiger partial charge in [0.1, 0.15) is 17.2 Å². The van der Waals surface area contributed by atoms with Gasteiger partial charge in [0, 0.05) is 6.61 Å². The fourth-order valence-electron chi connectivity index (χ4n) is 1.85. The highest BCUT2D eigenvalue weighted by molar-refractivity contribution is 7.05. The Labute approximate surface area is 101 Å². The molecule has 1 fully saturated rings. The van der Waals surface area contributed by atoms with Crippen molar-refractivity contribution in [3.05, 3.63) is 0 Å². The highest BCUT2D eigenvalue weighted by atomic mass is 28.3. The van der Waals surface area contributed by atoms with Gasteiger partial charge in [-0.2, -0.15) is 0 Å². The molecule has 1 rings (SSSR count). The monoisotopic (exact) mass is 259 g/mol. The first-order valence-corrected chi connectivity index (χ1v) is 7.59. The molecule has 0 aromatic carbocycles. The zero-order chi connectivity index (χ0) is 12.7. The van der Waals surface area contributed by atoms with Gasteiger partial charge in [0.15, 0.2) is 0 Å². The fraction of sp³-hybridized carbons (Fsp3) is 0.700. The lowest BCUT2D eigenvalue weighted by Gasteiger charge is -2.38. The Bertz CT molecular complexity index is 282. The molecule has 0 aromatic heterocycles. The molecule has 1 atom stereocenters. The molecule has 6 nitrogen and oxygen atoms in total. The first kappa shape index (κ1) is 13.9. The molecule has 1 amide bonds. The second kappa shape index (κ2) is 6.50. The molecule has 1 aliphatic rings. The molecular formula is C10H17NO5Si. The maximum absolute atomic E-state index is 11.4. The van der Waals surface area contributed by atoms with E-state index < -0.39 is 20.2 Å². The van der Waals surface area contributed by atoms with E-state index in [0.717, 1.165) is 12.8 Å². The third kappa shape index (κ3) is 3.37. The van der Waals surface area contributed by atoms with Crippen molar-refractivity contribution in [2.75, 3.05) is 13.2 Å². The van der Waals surface area contributed by atoms with Gasteiger partial charge < -0.3 is 19.1 Å². The number of carbonyl (C=O) groups excluding carboxylic acids is 3. The van der Waals surface area contributed by atoms with Gasteiger partial charge in [-0.1, -0.05) is 0 Å². The third-order valence-electron chi connectivity index (χ3n) is 2.72. The van der Waals surface area contributed by atoms with E-state index in [4.69, 9.17) is 9.47 Å². The molecule has 0 saturated carbocycles. The topological polar surface area (TPSA) is 81.7 Å². The van der Waals surface area contributed by atoms with Crippen LogP contribution in [0.1, 0.15) is 26.2 Å². The Morgan fingerprint density at radius 1 is 1.47 bits per heavy atom.